The second-order valence-corrected chi connectivity index (χ2v) is 5.72. The average Bonchev–Trinajstić information content (AvgIpc) is 2.60. The van der Waals surface area contributed by atoms with Crippen LogP contribution in [0.25, 0.3) is 10.8 Å². The molecule has 24 heavy (non-hydrogen) atoms. The van der Waals surface area contributed by atoms with E-state index in [1.807, 2.05) is 42.5 Å². The zero-order chi connectivity index (χ0) is 16.7. The maximum Gasteiger partial charge on any atom is 0.205 e. The molecule has 3 aromatic rings. The van der Waals surface area contributed by atoms with Gasteiger partial charge in [-0.2, -0.15) is 5.26 Å². The summed E-state index contributed by atoms with van der Waals surface area (Å²) in [4.78, 5) is 0. The Morgan fingerprint density at radius 1 is 1.04 bits per heavy atom. The first-order chi connectivity index (χ1) is 11.7. The molecule has 4 heteroatoms. The van der Waals surface area contributed by atoms with Gasteiger partial charge in [0.15, 0.2) is 0 Å². The van der Waals surface area contributed by atoms with Crippen molar-refractivity contribution in [1.29, 1.82) is 5.26 Å². The van der Waals surface area contributed by atoms with Crippen LogP contribution in [0, 0.1) is 11.3 Å². The van der Waals surface area contributed by atoms with E-state index in [4.69, 9.17) is 10.5 Å². The Labute approximate surface area is 139 Å². The Kier molecular flexibility index (Phi) is 3.14. The Hall–Kier alpha value is -3.45. The maximum atomic E-state index is 9.83. The van der Waals surface area contributed by atoms with Crippen LogP contribution >= 0.6 is 0 Å². The fourth-order valence-corrected chi connectivity index (χ4v) is 3.23. The van der Waals surface area contributed by atoms with Crippen LogP contribution in [0.3, 0.4) is 0 Å². The second-order valence-electron chi connectivity index (χ2n) is 5.72. The Balaban J connectivity index is 2.02. The minimum Gasteiger partial charge on any atom is -0.508 e. The van der Waals surface area contributed by atoms with Crippen molar-refractivity contribution in [2.75, 3.05) is 0 Å². The van der Waals surface area contributed by atoms with Crippen LogP contribution in [0.15, 0.2) is 72.1 Å². The lowest BCUT2D eigenvalue weighted by atomic mass is 9.82. The highest BCUT2D eigenvalue weighted by Gasteiger charge is 2.31. The van der Waals surface area contributed by atoms with Gasteiger partial charge < -0.3 is 15.6 Å². The largest absolute Gasteiger partial charge is 0.508 e. The number of ether oxygens (including phenoxy) is 1. The molecule has 0 amide bonds. The van der Waals surface area contributed by atoms with Crippen LogP contribution in [0.4, 0.5) is 0 Å². The first kappa shape index (κ1) is 14.2. The van der Waals surface area contributed by atoms with Crippen LogP contribution in [0.2, 0.25) is 0 Å². The normalized spacial score (nSPS) is 16.4. The Morgan fingerprint density at radius 3 is 2.67 bits per heavy atom. The van der Waals surface area contributed by atoms with Gasteiger partial charge in [0.05, 0.1) is 5.92 Å². The van der Waals surface area contributed by atoms with E-state index in [9.17, 15) is 10.4 Å². The zero-order valence-corrected chi connectivity index (χ0v) is 12.7. The zero-order valence-electron chi connectivity index (χ0n) is 12.7. The van der Waals surface area contributed by atoms with E-state index < -0.39 is 0 Å². The molecule has 1 aliphatic heterocycles. The highest BCUT2D eigenvalue weighted by atomic mass is 16.5. The third-order valence-electron chi connectivity index (χ3n) is 4.31. The molecule has 0 radical (unpaired) electrons. The summed E-state index contributed by atoms with van der Waals surface area (Å²) in [5, 5.41) is 21.4. The van der Waals surface area contributed by atoms with E-state index in [0.717, 1.165) is 21.9 Å². The SMILES string of the molecule is N#CC1=C(N)Oc2c(ccc3ccccc23)C1c1cccc(O)c1. The van der Waals surface area contributed by atoms with Gasteiger partial charge >= 0.3 is 0 Å². The molecule has 3 N–H and O–H groups in total. The minimum absolute atomic E-state index is 0.106. The van der Waals surface area contributed by atoms with Gasteiger partial charge in [0, 0.05) is 10.9 Å². The number of hydrogen-bond acceptors (Lipinski definition) is 4. The molecule has 116 valence electrons. The monoisotopic (exact) mass is 314 g/mol. The molecule has 4 nitrogen and oxygen atoms in total. The van der Waals surface area contributed by atoms with Crippen molar-refractivity contribution in [3.63, 3.8) is 0 Å². The summed E-state index contributed by atoms with van der Waals surface area (Å²) in [6.07, 6.45) is 0. The number of aromatic hydroxyl groups is 1. The van der Waals surface area contributed by atoms with E-state index in [2.05, 4.69) is 6.07 Å². The van der Waals surface area contributed by atoms with Gasteiger partial charge in [0.2, 0.25) is 5.88 Å². The summed E-state index contributed by atoms with van der Waals surface area (Å²) in [5.41, 5.74) is 8.05. The van der Waals surface area contributed by atoms with E-state index in [-0.39, 0.29) is 17.6 Å². The van der Waals surface area contributed by atoms with E-state index in [1.165, 1.54) is 0 Å². The quantitative estimate of drug-likeness (QED) is 0.716. The van der Waals surface area contributed by atoms with Crippen molar-refractivity contribution in [2.24, 2.45) is 5.73 Å². The number of nitrogens with two attached hydrogens (primary N) is 1. The molecule has 1 aliphatic rings. The van der Waals surface area contributed by atoms with Gasteiger partial charge in [-0.05, 0) is 23.1 Å². The lowest BCUT2D eigenvalue weighted by Gasteiger charge is -2.27. The number of phenolic OH excluding ortho intramolecular Hbond substituents is 1. The highest BCUT2D eigenvalue weighted by Crippen LogP contribution is 2.45. The number of benzene rings is 3. The fourth-order valence-electron chi connectivity index (χ4n) is 3.23. The van der Waals surface area contributed by atoms with E-state index in [1.54, 1.807) is 18.2 Å². The van der Waals surface area contributed by atoms with Gasteiger partial charge in [-0.3, -0.25) is 0 Å². The summed E-state index contributed by atoms with van der Waals surface area (Å²) >= 11 is 0. The van der Waals surface area contributed by atoms with Crippen molar-refractivity contribution in [3.05, 3.63) is 83.2 Å². The minimum atomic E-state index is -0.365. The molecule has 0 saturated heterocycles. The smallest absolute Gasteiger partial charge is 0.205 e. The molecule has 0 fully saturated rings. The molecule has 1 atom stereocenters. The lowest BCUT2D eigenvalue weighted by molar-refractivity contribution is 0.398. The summed E-state index contributed by atoms with van der Waals surface area (Å²) < 4.78 is 5.80. The van der Waals surface area contributed by atoms with Crippen LogP contribution in [-0.2, 0) is 0 Å². The first-order valence-electron chi connectivity index (χ1n) is 7.57. The van der Waals surface area contributed by atoms with Crippen LogP contribution in [0.5, 0.6) is 11.5 Å². The van der Waals surface area contributed by atoms with Crippen LogP contribution in [0.1, 0.15) is 17.0 Å². The predicted molar refractivity (Wildman–Crippen MR) is 91.4 cm³/mol. The number of nitrogens with zero attached hydrogens (tertiary/aromatic N) is 1. The topological polar surface area (TPSA) is 79.3 Å². The number of allylic oxidation sites excluding steroid dienone is 1. The van der Waals surface area contributed by atoms with Crippen LogP contribution < -0.4 is 10.5 Å². The standard InChI is InChI=1S/C20H14N2O2/c21-11-17-18(13-5-3-6-14(23)10-13)16-9-8-12-4-1-2-7-15(12)19(16)24-20(17)22/h1-10,18,23H,22H2. The fraction of sp³-hybridized carbons (Fsp3) is 0.0500. The van der Waals surface area contributed by atoms with Crippen molar-refractivity contribution < 1.29 is 9.84 Å². The van der Waals surface area contributed by atoms with Gasteiger partial charge in [0.25, 0.3) is 0 Å². The lowest BCUT2D eigenvalue weighted by Crippen LogP contribution is -2.21. The molecule has 1 heterocycles. The molecule has 0 saturated carbocycles. The number of rotatable bonds is 1. The first-order valence-corrected chi connectivity index (χ1v) is 7.57. The van der Waals surface area contributed by atoms with Crippen molar-refractivity contribution >= 4 is 10.8 Å². The summed E-state index contributed by atoms with van der Waals surface area (Å²) in [6.45, 7) is 0. The molecule has 4 rings (SSSR count). The van der Waals surface area contributed by atoms with E-state index in [0.29, 0.717) is 11.3 Å². The number of fused-ring (bicyclic) bond motifs is 3. The van der Waals surface area contributed by atoms with Crippen molar-refractivity contribution in [1.82, 2.24) is 0 Å². The molecule has 3 aromatic carbocycles. The van der Waals surface area contributed by atoms with E-state index >= 15 is 0 Å². The summed E-state index contributed by atoms with van der Waals surface area (Å²) in [7, 11) is 0. The molecular formula is C20H14N2O2. The molecule has 1 unspecified atom stereocenters. The Morgan fingerprint density at radius 2 is 1.88 bits per heavy atom. The average molecular weight is 314 g/mol. The third kappa shape index (κ3) is 2.07. The van der Waals surface area contributed by atoms with Gasteiger partial charge in [-0.25, -0.2) is 0 Å². The second kappa shape index (κ2) is 5.32. The molecule has 0 spiro atoms. The van der Waals surface area contributed by atoms with Gasteiger partial charge in [-0.1, -0.05) is 48.5 Å². The van der Waals surface area contributed by atoms with Crippen molar-refractivity contribution in [2.45, 2.75) is 5.92 Å². The molecule has 0 aliphatic carbocycles. The molecular weight excluding hydrogens is 300 g/mol. The van der Waals surface area contributed by atoms with Crippen LogP contribution in [-0.4, -0.2) is 5.11 Å². The Bertz CT molecular complexity index is 1030. The van der Waals surface area contributed by atoms with Gasteiger partial charge in [0.1, 0.15) is 23.1 Å². The number of nitriles is 1. The number of phenols is 1. The molecule has 0 aromatic heterocycles. The predicted octanol–water partition coefficient (Wildman–Crippen LogP) is 3.76. The van der Waals surface area contributed by atoms with Gasteiger partial charge in [-0.15, -0.1) is 0 Å². The number of hydrogen-bond donors (Lipinski definition) is 2. The maximum absolute atomic E-state index is 9.83. The third-order valence-corrected chi connectivity index (χ3v) is 4.31. The van der Waals surface area contributed by atoms with Crippen molar-refractivity contribution in [3.8, 4) is 17.6 Å². The summed E-state index contributed by atoms with van der Waals surface area (Å²) in [6, 6.07) is 20.9. The highest BCUT2D eigenvalue weighted by molar-refractivity contribution is 5.90. The summed E-state index contributed by atoms with van der Waals surface area (Å²) in [5.74, 6) is 0.556. The molecule has 0 bridgehead atoms.